The van der Waals surface area contributed by atoms with Gasteiger partial charge >= 0.3 is 0 Å². The fraction of sp³-hybridized carbons (Fsp3) is 0.333. The van der Waals surface area contributed by atoms with Crippen LogP contribution in [0.25, 0.3) is 11.3 Å². The molecule has 4 nitrogen and oxygen atoms in total. The Morgan fingerprint density at radius 2 is 1.87 bits per heavy atom. The van der Waals surface area contributed by atoms with E-state index in [4.69, 9.17) is 11.6 Å². The highest BCUT2D eigenvalue weighted by Gasteiger charge is 2.29. The van der Waals surface area contributed by atoms with Crippen molar-refractivity contribution in [2.75, 3.05) is 5.32 Å². The minimum Gasteiger partial charge on any atom is -1.00 e. The summed E-state index contributed by atoms with van der Waals surface area (Å²) in [7, 11) is 0. The number of hydrogen-bond donors (Lipinski definition) is 1. The van der Waals surface area contributed by atoms with E-state index < -0.39 is 0 Å². The maximum absolute atomic E-state index is 12.7. The van der Waals surface area contributed by atoms with Crippen LogP contribution in [-0.4, -0.2) is 10.5 Å². The van der Waals surface area contributed by atoms with Gasteiger partial charge in [0, 0.05) is 16.3 Å². The Morgan fingerprint density at radius 3 is 2.57 bits per heavy atom. The van der Waals surface area contributed by atoms with Crippen LogP contribution in [0.3, 0.4) is 0 Å². The van der Waals surface area contributed by atoms with Gasteiger partial charge in [0.05, 0.1) is 13.0 Å². The minimum absolute atomic E-state index is 0. The molecule has 158 valence electrons. The van der Waals surface area contributed by atoms with Gasteiger partial charge in [-0.3, -0.25) is 4.79 Å². The molecule has 0 spiro atoms. The van der Waals surface area contributed by atoms with Crippen LogP contribution in [-0.2, 0) is 30.7 Å². The number of hydrogen-bond acceptors (Lipinski definition) is 1. The Labute approximate surface area is 189 Å². The maximum Gasteiger partial charge on any atom is 0.266 e. The number of carbonyl (C=O) groups excluding carboxylic acids is 1. The van der Waals surface area contributed by atoms with E-state index in [9.17, 15) is 4.79 Å². The number of nitrogens with zero attached hydrogens (tertiary/aromatic N) is 2. The highest BCUT2D eigenvalue weighted by Crippen LogP contribution is 2.26. The largest absolute Gasteiger partial charge is 1.00 e. The van der Waals surface area contributed by atoms with Gasteiger partial charge < -0.3 is 17.7 Å². The standard InChI is InChI=1S/C24H26ClN3O.ClH/c1-2-3-5-18-7-13-21(14-8-18)26-23(29)17-27-16-22(28-15-4-6-24(27)28)19-9-11-20(25)12-10-19;/h7-14,16H,2-6,15,17H2,1H3;1H. The quantitative estimate of drug-likeness (QED) is 0.557. The number of aryl methyl sites for hydroxylation is 1. The number of carbonyl (C=O) groups is 1. The zero-order valence-corrected chi connectivity index (χ0v) is 18.7. The average molecular weight is 444 g/mol. The van der Waals surface area contributed by atoms with E-state index in [-0.39, 0.29) is 18.3 Å². The second-order valence-corrected chi connectivity index (χ2v) is 8.11. The Balaban J connectivity index is 0.00000256. The third-order valence-electron chi connectivity index (χ3n) is 5.50. The molecule has 0 radical (unpaired) electrons. The highest BCUT2D eigenvalue weighted by atomic mass is 35.5. The first kappa shape index (κ1) is 22.4. The molecule has 0 aliphatic carbocycles. The summed E-state index contributed by atoms with van der Waals surface area (Å²) >= 11 is 6.04. The average Bonchev–Trinajstić information content (AvgIpc) is 3.32. The van der Waals surface area contributed by atoms with Crippen molar-refractivity contribution in [3.8, 4) is 11.3 Å². The Hall–Kier alpha value is -2.30. The van der Waals surface area contributed by atoms with Gasteiger partial charge in [0.15, 0.2) is 12.2 Å². The lowest BCUT2D eigenvalue weighted by Gasteiger charge is -2.06. The summed E-state index contributed by atoms with van der Waals surface area (Å²) in [5.41, 5.74) is 4.43. The fourth-order valence-electron chi connectivity index (χ4n) is 3.99. The summed E-state index contributed by atoms with van der Waals surface area (Å²) < 4.78 is 4.40. The van der Waals surface area contributed by atoms with Crippen molar-refractivity contribution >= 4 is 23.2 Å². The molecule has 4 rings (SSSR count). The van der Waals surface area contributed by atoms with Gasteiger partial charge in [-0.15, -0.1) is 0 Å². The van der Waals surface area contributed by atoms with Crippen molar-refractivity contribution in [3.63, 3.8) is 0 Å². The molecule has 0 bridgehead atoms. The van der Waals surface area contributed by atoms with Crippen LogP contribution >= 0.6 is 11.6 Å². The molecule has 1 N–H and O–H groups in total. The number of nitrogens with one attached hydrogen (secondary N) is 1. The van der Waals surface area contributed by atoms with E-state index in [0.29, 0.717) is 6.54 Å². The number of fused-ring (bicyclic) bond motifs is 1. The van der Waals surface area contributed by atoms with Crippen molar-refractivity contribution in [3.05, 3.63) is 71.1 Å². The number of unbranched alkanes of at least 4 members (excludes halogenated alkanes) is 1. The lowest BCUT2D eigenvalue weighted by atomic mass is 10.1. The first-order chi connectivity index (χ1) is 14.1. The normalized spacial score (nSPS) is 12.3. The minimum atomic E-state index is -0.000681. The molecule has 0 atom stereocenters. The summed E-state index contributed by atoms with van der Waals surface area (Å²) in [6, 6.07) is 16.1. The SMILES string of the molecule is CCCCc1ccc(NC(=O)C[n+]2cc(-c3ccc(Cl)cc3)n3c2CCC3)cc1.[Cl-]. The third-order valence-corrected chi connectivity index (χ3v) is 5.76. The molecule has 0 unspecified atom stereocenters. The topological polar surface area (TPSA) is 37.9 Å². The fourth-order valence-corrected chi connectivity index (χ4v) is 4.11. The molecule has 2 aromatic carbocycles. The predicted octanol–water partition coefficient (Wildman–Crippen LogP) is 2.03. The van der Waals surface area contributed by atoms with E-state index >= 15 is 0 Å². The molecule has 30 heavy (non-hydrogen) atoms. The Bertz CT molecular complexity index is 995. The molecular weight excluding hydrogens is 417 g/mol. The highest BCUT2D eigenvalue weighted by molar-refractivity contribution is 6.30. The molecule has 1 aliphatic rings. The van der Waals surface area contributed by atoms with Gasteiger partial charge in [-0.2, -0.15) is 0 Å². The van der Waals surface area contributed by atoms with E-state index in [0.717, 1.165) is 47.8 Å². The smallest absolute Gasteiger partial charge is 0.266 e. The predicted molar refractivity (Wildman–Crippen MR) is 117 cm³/mol. The molecule has 1 aliphatic heterocycles. The van der Waals surface area contributed by atoms with E-state index in [1.54, 1.807) is 0 Å². The zero-order valence-electron chi connectivity index (χ0n) is 17.2. The monoisotopic (exact) mass is 443 g/mol. The van der Waals surface area contributed by atoms with Crippen LogP contribution < -0.4 is 22.3 Å². The molecule has 6 heteroatoms. The summed E-state index contributed by atoms with van der Waals surface area (Å²) in [5.74, 6) is 1.21. The summed E-state index contributed by atoms with van der Waals surface area (Å²) in [6.07, 6.45) is 7.66. The summed E-state index contributed by atoms with van der Waals surface area (Å²) in [5, 5.41) is 3.77. The van der Waals surface area contributed by atoms with Crippen molar-refractivity contribution in [1.29, 1.82) is 0 Å². The van der Waals surface area contributed by atoms with Crippen molar-refractivity contribution < 1.29 is 21.8 Å². The third kappa shape index (κ3) is 5.05. The zero-order chi connectivity index (χ0) is 20.2. The van der Waals surface area contributed by atoms with Crippen molar-refractivity contribution in [2.24, 2.45) is 0 Å². The van der Waals surface area contributed by atoms with Crippen LogP contribution in [0.1, 0.15) is 37.6 Å². The molecular formula is C24H27Cl2N3O. The first-order valence-electron chi connectivity index (χ1n) is 10.4. The van der Waals surface area contributed by atoms with Crippen LogP contribution in [0.15, 0.2) is 54.7 Å². The maximum atomic E-state index is 12.7. The van der Waals surface area contributed by atoms with Gasteiger partial charge in [0.2, 0.25) is 0 Å². The number of benzene rings is 2. The van der Waals surface area contributed by atoms with Gasteiger partial charge in [0.1, 0.15) is 6.20 Å². The van der Waals surface area contributed by atoms with Gasteiger partial charge in [-0.1, -0.05) is 37.1 Å². The van der Waals surface area contributed by atoms with Crippen LogP contribution in [0.5, 0.6) is 0 Å². The van der Waals surface area contributed by atoms with E-state index in [1.807, 2.05) is 36.4 Å². The molecule has 3 aromatic rings. The molecule has 1 aromatic heterocycles. The van der Waals surface area contributed by atoms with Gasteiger partial charge in [-0.25, -0.2) is 9.13 Å². The van der Waals surface area contributed by atoms with Gasteiger partial charge in [0.25, 0.3) is 11.7 Å². The van der Waals surface area contributed by atoms with Crippen LogP contribution in [0.4, 0.5) is 5.69 Å². The second-order valence-electron chi connectivity index (χ2n) is 7.67. The lowest BCUT2D eigenvalue weighted by molar-refractivity contribution is -0.690. The Morgan fingerprint density at radius 1 is 1.13 bits per heavy atom. The number of anilines is 1. The lowest BCUT2D eigenvalue weighted by Crippen LogP contribution is -3.00. The second kappa shape index (κ2) is 10.1. The summed E-state index contributed by atoms with van der Waals surface area (Å²) in [4.78, 5) is 12.7. The number of halogens is 2. The van der Waals surface area contributed by atoms with Crippen molar-refractivity contribution in [2.45, 2.75) is 52.1 Å². The van der Waals surface area contributed by atoms with Crippen molar-refractivity contribution in [1.82, 2.24) is 4.57 Å². The van der Waals surface area contributed by atoms with Crippen LogP contribution in [0.2, 0.25) is 5.02 Å². The number of rotatable bonds is 7. The number of imidazole rings is 1. The van der Waals surface area contributed by atoms with E-state index in [1.165, 1.54) is 24.2 Å². The van der Waals surface area contributed by atoms with Crippen LogP contribution in [0, 0.1) is 0 Å². The molecule has 1 amide bonds. The molecule has 0 fully saturated rings. The number of amides is 1. The molecule has 2 heterocycles. The first-order valence-corrected chi connectivity index (χ1v) is 10.8. The Kier molecular flexibility index (Phi) is 7.57. The van der Waals surface area contributed by atoms with Gasteiger partial charge in [-0.05, 0) is 61.2 Å². The number of aromatic nitrogens is 2. The molecule has 0 saturated heterocycles. The van der Waals surface area contributed by atoms with E-state index in [2.05, 4.69) is 39.7 Å². The molecule has 0 saturated carbocycles. The summed E-state index contributed by atoms with van der Waals surface area (Å²) in [6.45, 7) is 3.50.